The van der Waals surface area contributed by atoms with E-state index in [-0.39, 0.29) is 17.9 Å². The summed E-state index contributed by atoms with van der Waals surface area (Å²) in [6.07, 6.45) is 7.50. The van der Waals surface area contributed by atoms with Gasteiger partial charge in [-0.1, -0.05) is 25.8 Å². The van der Waals surface area contributed by atoms with Crippen molar-refractivity contribution < 1.29 is 4.79 Å². The number of rotatable bonds is 5. The number of carbonyl (C=O) groups is 1. The predicted molar refractivity (Wildman–Crippen MR) is 105 cm³/mol. The topological polar surface area (TPSA) is 79.0 Å². The predicted octanol–water partition coefficient (Wildman–Crippen LogP) is 3.11. The molecule has 6 nitrogen and oxygen atoms in total. The third-order valence-corrected chi connectivity index (χ3v) is 5.36. The van der Waals surface area contributed by atoms with Crippen LogP contribution in [0.1, 0.15) is 50.3 Å². The molecular formula is C21H28N4O2. The fourth-order valence-electron chi connectivity index (χ4n) is 3.82. The quantitative estimate of drug-likeness (QED) is 0.879. The molecule has 0 bridgehead atoms. The molecule has 0 unspecified atom stereocenters. The standard InChI is InChI=1S/C21H28N4O2/c1-3-7-16-8-6-12-25(13-10-16)19(26)14-17-15(2)23-20(24-21(17)27)18-9-4-5-11-22-18/h4-5,9,11,16H,3,6-8,10,12-14H2,1-2H3,(H,23,24,27)/t16-/m0/s1. The zero-order valence-electron chi connectivity index (χ0n) is 16.2. The number of aromatic amines is 1. The van der Waals surface area contributed by atoms with Crippen molar-refractivity contribution >= 4 is 5.91 Å². The Morgan fingerprint density at radius 2 is 2.15 bits per heavy atom. The molecule has 0 aliphatic carbocycles. The Morgan fingerprint density at radius 3 is 2.85 bits per heavy atom. The first-order valence-corrected chi connectivity index (χ1v) is 9.87. The molecule has 1 atom stereocenters. The number of hydrogen-bond acceptors (Lipinski definition) is 4. The van der Waals surface area contributed by atoms with E-state index >= 15 is 0 Å². The highest BCUT2D eigenvalue weighted by molar-refractivity contribution is 5.79. The number of amides is 1. The van der Waals surface area contributed by atoms with E-state index in [0.717, 1.165) is 31.8 Å². The van der Waals surface area contributed by atoms with Gasteiger partial charge in [-0.3, -0.25) is 14.6 Å². The Labute approximate surface area is 160 Å². The third kappa shape index (κ3) is 4.81. The van der Waals surface area contributed by atoms with Crippen LogP contribution in [0.15, 0.2) is 29.2 Å². The number of hydrogen-bond donors (Lipinski definition) is 1. The van der Waals surface area contributed by atoms with Crippen LogP contribution in [-0.4, -0.2) is 38.8 Å². The number of likely N-dealkylation sites (tertiary alicyclic amines) is 1. The third-order valence-electron chi connectivity index (χ3n) is 5.36. The van der Waals surface area contributed by atoms with Crippen molar-refractivity contribution in [3.05, 3.63) is 46.0 Å². The van der Waals surface area contributed by atoms with E-state index < -0.39 is 0 Å². The second-order valence-electron chi connectivity index (χ2n) is 7.34. The molecule has 3 rings (SSSR count). The maximum Gasteiger partial charge on any atom is 0.255 e. The molecule has 2 aromatic heterocycles. The number of nitrogens with zero attached hydrogens (tertiary/aromatic N) is 3. The van der Waals surface area contributed by atoms with Crippen LogP contribution in [0.5, 0.6) is 0 Å². The van der Waals surface area contributed by atoms with Crippen molar-refractivity contribution in [1.82, 2.24) is 19.9 Å². The molecule has 0 spiro atoms. The lowest BCUT2D eigenvalue weighted by atomic mass is 9.96. The van der Waals surface area contributed by atoms with Crippen molar-refractivity contribution in [2.75, 3.05) is 13.1 Å². The van der Waals surface area contributed by atoms with E-state index in [1.165, 1.54) is 19.3 Å². The van der Waals surface area contributed by atoms with Crippen molar-refractivity contribution in [3.63, 3.8) is 0 Å². The summed E-state index contributed by atoms with van der Waals surface area (Å²) in [7, 11) is 0. The maximum atomic E-state index is 12.8. The Morgan fingerprint density at radius 1 is 1.30 bits per heavy atom. The lowest BCUT2D eigenvalue weighted by Gasteiger charge is -2.21. The Balaban J connectivity index is 1.72. The van der Waals surface area contributed by atoms with Crippen LogP contribution in [-0.2, 0) is 11.2 Å². The average Bonchev–Trinajstić information content (AvgIpc) is 2.91. The highest BCUT2D eigenvalue weighted by Crippen LogP contribution is 2.22. The molecule has 0 saturated carbocycles. The van der Waals surface area contributed by atoms with E-state index in [9.17, 15) is 9.59 Å². The molecule has 1 amide bonds. The van der Waals surface area contributed by atoms with Crippen LogP contribution in [0.4, 0.5) is 0 Å². The Hall–Kier alpha value is -2.50. The van der Waals surface area contributed by atoms with Crippen molar-refractivity contribution in [2.45, 2.75) is 52.4 Å². The van der Waals surface area contributed by atoms with Crippen molar-refractivity contribution in [1.29, 1.82) is 0 Å². The fraction of sp³-hybridized carbons (Fsp3) is 0.524. The first-order valence-electron chi connectivity index (χ1n) is 9.87. The number of pyridine rings is 1. The monoisotopic (exact) mass is 368 g/mol. The summed E-state index contributed by atoms with van der Waals surface area (Å²) in [5.74, 6) is 1.18. The minimum atomic E-state index is -0.254. The lowest BCUT2D eigenvalue weighted by Crippen LogP contribution is -2.35. The van der Waals surface area contributed by atoms with Crippen molar-refractivity contribution in [3.8, 4) is 11.5 Å². The van der Waals surface area contributed by atoms with Gasteiger partial charge >= 0.3 is 0 Å². The zero-order valence-corrected chi connectivity index (χ0v) is 16.2. The van der Waals surface area contributed by atoms with Gasteiger partial charge in [-0.2, -0.15) is 0 Å². The smallest absolute Gasteiger partial charge is 0.255 e. The van der Waals surface area contributed by atoms with E-state index in [1.54, 1.807) is 19.2 Å². The molecular weight excluding hydrogens is 340 g/mol. The molecule has 0 radical (unpaired) electrons. The van der Waals surface area contributed by atoms with E-state index in [4.69, 9.17) is 0 Å². The molecule has 2 aromatic rings. The second kappa shape index (κ2) is 8.93. The highest BCUT2D eigenvalue weighted by atomic mass is 16.2. The van der Waals surface area contributed by atoms with Gasteiger partial charge in [0, 0.05) is 30.5 Å². The molecule has 6 heteroatoms. The van der Waals surface area contributed by atoms with Gasteiger partial charge in [0.05, 0.1) is 6.42 Å². The minimum Gasteiger partial charge on any atom is -0.342 e. The molecule has 144 valence electrons. The summed E-state index contributed by atoms with van der Waals surface area (Å²) < 4.78 is 0. The minimum absolute atomic E-state index is 0.0214. The van der Waals surface area contributed by atoms with Crippen LogP contribution in [0.25, 0.3) is 11.5 Å². The molecule has 1 N–H and O–H groups in total. The first-order chi connectivity index (χ1) is 13.1. The lowest BCUT2D eigenvalue weighted by molar-refractivity contribution is -0.130. The van der Waals surface area contributed by atoms with Gasteiger partial charge in [0.1, 0.15) is 5.69 Å². The van der Waals surface area contributed by atoms with Crippen LogP contribution in [0.3, 0.4) is 0 Å². The van der Waals surface area contributed by atoms with Crippen LogP contribution >= 0.6 is 0 Å². The number of carbonyl (C=O) groups excluding carboxylic acids is 1. The molecule has 1 aliphatic heterocycles. The first kappa shape index (κ1) is 19.3. The van der Waals surface area contributed by atoms with Gasteiger partial charge in [0.25, 0.3) is 5.56 Å². The maximum absolute atomic E-state index is 12.8. The number of H-pyrrole nitrogens is 1. The second-order valence-corrected chi connectivity index (χ2v) is 7.34. The van der Waals surface area contributed by atoms with Gasteiger partial charge in [-0.15, -0.1) is 0 Å². The van der Waals surface area contributed by atoms with Crippen LogP contribution in [0.2, 0.25) is 0 Å². The molecule has 1 aliphatic rings. The Bertz CT molecular complexity index is 832. The van der Waals surface area contributed by atoms with E-state index in [1.807, 2.05) is 17.0 Å². The van der Waals surface area contributed by atoms with Gasteiger partial charge in [0.15, 0.2) is 5.82 Å². The normalized spacial score (nSPS) is 17.6. The summed E-state index contributed by atoms with van der Waals surface area (Å²) in [5, 5.41) is 0. The van der Waals surface area contributed by atoms with E-state index in [0.29, 0.717) is 22.8 Å². The van der Waals surface area contributed by atoms with Gasteiger partial charge in [-0.25, -0.2) is 4.98 Å². The summed E-state index contributed by atoms with van der Waals surface area (Å²) in [6, 6.07) is 5.46. The Kier molecular flexibility index (Phi) is 6.37. The molecule has 27 heavy (non-hydrogen) atoms. The van der Waals surface area contributed by atoms with Crippen molar-refractivity contribution in [2.24, 2.45) is 5.92 Å². The largest absolute Gasteiger partial charge is 0.342 e. The fourth-order valence-corrected chi connectivity index (χ4v) is 3.82. The molecule has 1 fully saturated rings. The summed E-state index contributed by atoms with van der Waals surface area (Å²) in [5.41, 5.74) is 1.40. The van der Waals surface area contributed by atoms with Gasteiger partial charge in [-0.05, 0) is 44.2 Å². The highest BCUT2D eigenvalue weighted by Gasteiger charge is 2.22. The summed E-state index contributed by atoms with van der Waals surface area (Å²) >= 11 is 0. The SMILES string of the molecule is CCC[C@H]1CCCN(C(=O)Cc2c(C)nc(-c3ccccn3)[nH]c2=O)CC1. The number of aromatic nitrogens is 3. The van der Waals surface area contributed by atoms with Crippen LogP contribution < -0.4 is 5.56 Å². The molecule has 3 heterocycles. The number of aryl methyl sites for hydroxylation is 1. The zero-order chi connectivity index (χ0) is 19.2. The van der Waals surface area contributed by atoms with Gasteiger partial charge in [0.2, 0.25) is 5.91 Å². The summed E-state index contributed by atoms with van der Waals surface area (Å²) in [4.78, 5) is 38.7. The van der Waals surface area contributed by atoms with Crippen LogP contribution in [0, 0.1) is 12.8 Å². The average molecular weight is 368 g/mol. The van der Waals surface area contributed by atoms with Gasteiger partial charge < -0.3 is 9.88 Å². The summed E-state index contributed by atoms with van der Waals surface area (Å²) in [6.45, 7) is 5.57. The molecule has 1 saturated heterocycles. The molecule has 0 aromatic carbocycles. The van der Waals surface area contributed by atoms with E-state index in [2.05, 4.69) is 21.9 Å². The number of nitrogens with one attached hydrogen (secondary N) is 1.